The van der Waals surface area contributed by atoms with Crippen LogP contribution < -0.4 is 5.32 Å². The zero-order valence-electron chi connectivity index (χ0n) is 11.5. The van der Waals surface area contributed by atoms with E-state index in [9.17, 15) is 4.79 Å². The number of carbonyl (C=O) groups is 1. The van der Waals surface area contributed by atoms with Crippen molar-refractivity contribution in [2.24, 2.45) is 0 Å². The third-order valence-corrected chi connectivity index (χ3v) is 3.96. The highest BCUT2D eigenvalue weighted by atomic mass is 35.5. The van der Waals surface area contributed by atoms with Crippen molar-refractivity contribution in [2.45, 2.75) is 39.3 Å². The zero-order chi connectivity index (χ0) is 14.4. The van der Waals surface area contributed by atoms with Crippen molar-refractivity contribution in [1.82, 2.24) is 10.2 Å². The molecule has 0 unspecified atom stereocenters. The minimum atomic E-state index is -0.0928. The second kappa shape index (κ2) is 7.61. The second-order valence-corrected chi connectivity index (χ2v) is 5.32. The van der Waals surface area contributed by atoms with Crippen LogP contribution in [0, 0.1) is 0 Å². The van der Waals surface area contributed by atoms with Crippen LogP contribution in [-0.2, 0) is 6.54 Å². The van der Waals surface area contributed by atoms with Crippen LogP contribution in [0.5, 0.6) is 0 Å². The molecule has 0 aliphatic rings. The lowest BCUT2D eigenvalue weighted by Crippen LogP contribution is -2.42. The lowest BCUT2D eigenvalue weighted by Gasteiger charge is -2.22. The Hall–Kier alpha value is -0.930. The van der Waals surface area contributed by atoms with E-state index in [0.717, 1.165) is 18.4 Å². The first-order valence-corrected chi connectivity index (χ1v) is 7.19. The van der Waals surface area contributed by atoms with E-state index in [4.69, 9.17) is 23.2 Å². The Kier molecular flexibility index (Phi) is 6.46. The Bertz CT molecular complexity index is 433. The maximum Gasteiger partial charge on any atom is 0.317 e. The molecule has 5 heteroatoms. The molecule has 0 saturated heterocycles. The quantitative estimate of drug-likeness (QED) is 0.863. The van der Waals surface area contributed by atoms with E-state index in [0.29, 0.717) is 16.6 Å². The molecule has 0 fully saturated rings. The predicted molar refractivity (Wildman–Crippen MR) is 80.8 cm³/mol. The van der Waals surface area contributed by atoms with Gasteiger partial charge in [0.1, 0.15) is 0 Å². The molecule has 0 heterocycles. The summed E-state index contributed by atoms with van der Waals surface area (Å²) in [6, 6.07) is 5.55. The van der Waals surface area contributed by atoms with Crippen LogP contribution in [0.1, 0.15) is 32.3 Å². The maximum atomic E-state index is 12.0. The van der Waals surface area contributed by atoms with Gasteiger partial charge in [0, 0.05) is 19.6 Å². The highest BCUT2D eigenvalue weighted by Gasteiger charge is 2.14. The number of nitrogens with zero attached hydrogens (tertiary/aromatic N) is 1. The molecule has 1 aromatic rings. The molecule has 1 aromatic carbocycles. The zero-order valence-corrected chi connectivity index (χ0v) is 13.1. The van der Waals surface area contributed by atoms with Gasteiger partial charge in [0.25, 0.3) is 0 Å². The maximum absolute atomic E-state index is 12.0. The highest BCUT2D eigenvalue weighted by molar-refractivity contribution is 6.42. The summed E-state index contributed by atoms with van der Waals surface area (Å²) in [5.41, 5.74) is 0.844. The number of benzene rings is 1. The molecule has 0 aromatic heterocycles. The Morgan fingerprint density at radius 1 is 1.32 bits per heavy atom. The summed E-state index contributed by atoms with van der Waals surface area (Å²) in [6.45, 7) is 4.55. The van der Waals surface area contributed by atoms with Crippen molar-refractivity contribution in [2.75, 3.05) is 7.05 Å². The van der Waals surface area contributed by atoms with Crippen LogP contribution in [0.2, 0.25) is 10.0 Å². The molecule has 0 aliphatic carbocycles. The normalized spacial score (nSPS) is 10.6. The molecule has 1 rings (SSSR count). The lowest BCUT2D eigenvalue weighted by molar-refractivity contribution is 0.202. The number of carbonyl (C=O) groups excluding carboxylic acids is 1. The number of urea groups is 1. The summed E-state index contributed by atoms with van der Waals surface area (Å²) >= 11 is 12.1. The highest BCUT2D eigenvalue weighted by Crippen LogP contribution is 2.26. The number of hydrogen-bond donors (Lipinski definition) is 1. The van der Waals surface area contributed by atoms with Crippen LogP contribution in [-0.4, -0.2) is 24.0 Å². The largest absolute Gasteiger partial charge is 0.335 e. The van der Waals surface area contributed by atoms with Crippen molar-refractivity contribution in [3.05, 3.63) is 33.8 Å². The average Bonchev–Trinajstić information content (AvgIpc) is 2.40. The molecule has 0 aliphatic heterocycles. The van der Waals surface area contributed by atoms with Gasteiger partial charge >= 0.3 is 6.03 Å². The molecule has 0 spiro atoms. The number of nitrogens with one attached hydrogen (secondary N) is 1. The molecule has 106 valence electrons. The Balaban J connectivity index is 2.66. The Morgan fingerprint density at radius 3 is 2.53 bits per heavy atom. The smallest absolute Gasteiger partial charge is 0.317 e. The fourth-order valence-corrected chi connectivity index (χ4v) is 2.16. The van der Waals surface area contributed by atoms with Crippen LogP contribution in [0.25, 0.3) is 0 Å². The van der Waals surface area contributed by atoms with E-state index in [1.54, 1.807) is 18.0 Å². The van der Waals surface area contributed by atoms with Crippen molar-refractivity contribution in [3.63, 3.8) is 0 Å². The number of hydrogen-bond acceptors (Lipinski definition) is 1. The van der Waals surface area contributed by atoms with Crippen LogP contribution in [0.15, 0.2) is 18.2 Å². The lowest BCUT2D eigenvalue weighted by atomic mass is 10.2. The number of rotatable bonds is 5. The van der Waals surface area contributed by atoms with Crippen molar-refractivity contribution >= 4 is 29.2 Å². The number of halogens is 2. The van der Waals surface area contributed by atoms with Gasteiger partial charge in [-0.3, -0.25) is 0 Å². The summed E-state index contributed by atoms with van der Waals surface area (Å²) in [6.07, 6.45) is 1.85. The van der Waals surface area contributed by atoms with Crippen molar-refractivity contribution in [3.8, 4) is 0 Å². The fraction of sp³-hybridized carbons (Fsp3) is 0.500. The molecule has 0 saturated carbocycles. The van der Waals surface area contributed by atoms with Crippen LogP contribution in [0.3, 0.4) is 0 Å². The molecule has 2 amide bonds. The molecule has 1 N–H and O–H groups in total. The molecule has 3 nitrogen and oxygen atoms in total. The van der Waals surface area contributed by atoms with Gasteiger partial charge in [0.2, 0.25) is 0 Å². The summed E-state index contributed by atoms with van der Waals surface area (Å²) in [7, 11) is 1.74. The summed E-state index contributed by atoms with van der Waals surface area (Å²) < 4.78 is 0. The van der Waals surface area contributed by atoms with Gasteiger partial charge in [-0.2, -0.15) is 0 Å². The summed E-state index contributed by atoms with van der Waals surface area (Å²) in [5, 5.41) is 3.99. The van der Waals surface area contributed by atoms with E-state index in [1.807, 2.05) is 12.1 Å². The molecule has 0 bridgehead atoms. The first-order chi connectivity index (χ1) is 8.99. The van der Waals surface area contributed by atoms with E-state index in [1.165, 1.54) is 0 Å². The number of amides is 2. The minimum absolute atomic E-state index is 0.0928. The predicted octanol–water partition coefficient (Wildman–Crippen LogP) is 4.32. The van der Waals surface area contributed by atoms with Gasteiger partial charge in [0.15, 0.2) is 0 Å². The van der Waals surface area contributed by atoms with E-state index in [-0.39, 0.29) is 12.1 Å². The van der Waals surface area contributed by atoms with Gasteiger partial charge in [-0.15, -0.1) is 0 Å². The topological polar surface area (TPSA) is 32.3 Å². The SMILES string of the molecule is CCC(CC)NC(=O)N(C)Cc1cccc(Cl)c1Cl. The van der Waals surface area contributed by atoms with Gasteiger partial charge in [-0.25, -0.2) is 4.79 Å². The van der Waals surface area contributed by atoms with Gasteiger partial charge < -0.3 is 10.2 Å². The minimum Gasteiger partial charge on any atom is -0.335 e. The van der Waals surface area contributed by atoms with Crippen molar-refractivity contribution in [1.29, 1.82) is 0 Å². The Morgan fingerprint density at radius 2 is 1.95 bits per heavy atom. The molecule has 19 heavy (non-hydrogen) atoms. The average molecular weight is 303 g/mol. The van der Waals surface area contributed by atoms with E-state index >= 15 is 0 Å². The van der Waals surface area contributed by atoms with Crippen LogP contribution >= 0.6 is 23.2 Å². The Labute approximate surface area is 124 Å². The molecular formula is C14H20Cl2N2O. The van der Waals surface area contributed by atoms with E-state index in [2.05, 4.69) is 19.2 Å². The fourth-order valence-electron chi connectivity index (χ4n) is 1.78. The second-order valence-electron chi connectivity index (χ2n) is 4.53. The summed E-state index contributed by atoms with van der Waals surface area (Å²) in [5.74, 6) is 0. The third-order valence-electron chi connectivity index (χ3n) is 3.10. The molecule has 0 atom stereocenters. The van der Waals surface area contributed by atoms with Gasteiger partial charge in [-0.05, 0) is 24.5 Å². The molecular weight excluding hydrogens is 283 g/mol. The third kappa shape index (κ3) is 4.59. The van der Waals surface area contributed by atoms with E-state index < -0.39 is 0 Å². The molecule has 0 radical (unpaired) electrons. The standard InChI is InChI=1S/C14H20Cl2N2O/c1-4-11(5-2)17-14(19)18(3)9-10-7-6-8-12(15)13(10)16/h6-8,11H,4-5,9H2,1-3H3,(H,17,19). The van der Waals surface area contributed by atoms with Gasteiger partial charge in [-0.1, -0.05) is 49.2 Å². The van der Waals surface area contributed by atoms with Gasteiger partial charge in [0.05, 0.1) is 10.0 Å². The first kappa shape index (κ1) is 16.1. The van der Waals surface area contributed by atoms with Crippen LogP contribution in [0.4, 0.5) is 4.79 Å². The monoisotopic (exact) mass is 302 g/mol. The first-order valence-electron chi connectivity index (χ1n) is 6.44. The van der Waals surface area contributed by atoms with Crippen molar-refractivity contribution < 1.29 is 4.79 Å². The summed E-state index contributed by atoms with van der Waals surface area (Å²) in [4.78, 5) is 13.6.